The van der Waals surface area contributed by atoms with Gasteiger partial charge in [-0.25, -0.2) is 9.59 Å². The third-order valence-electron chi connectivity index (χ3n) is 6.53. The Morgan fingerprint density at radius 1 is 0.702 bits per heavy atom. The highest BCUT2D eigenvalue weighted by atomic mass is 16.6. The van der Waals surface area contributed by atoms with Gasteiger partial charge in [0.25, 0.3) is 0 Å². The average molecular weight is 663 g/mol. The summed E-state index contributed by atoms with van der Waals surface area (Å²) in [6.45, 7) is 13.8. The summed E-state index contributed by atoms with van der Waals surface area (Å²) in [4.78, 5) is 47.7. The molecule has 4 unspecified atom stereocenters. The molecule has 0 heterocycles. The van der Waals surface area contributed by atoms with Crippen molar-refractivity contribution in [1.82, 2.24) is 10.6 Å². The van der Waals surface area contributed by atoms with E-state index in [1.807, 2.05) is 0 Å². The molecule has 0 aliphatic rings. The van der Waals surface area contributed by atoms with Crippen molar-refractivity contribution in [2.45, 2.75) is 104 Å². The summed E-state index contributed by atoms with van der Waals surface area (Å²) in [5.41, 5.74) is -1.33. The van der Waals surface area contributed by atoms with Crippen LogP contribution in [0.2, 0.25) is 0 Å². The average Bonchev–Trinajstić information content (AvgIpc) is 2.93. The van der Waals surface area contributed by atoms with E-state index in [0.717, 1.165) is 0 Å². The van der Waals surface area contributed by atoms with Crippen molar-refractivity contribution in [2.24, 2.45) is 0 Å². The van der Waals surface area contributed by atoms with Crippen LogP contribution >= 0.6 is 0 Å². The first-order valence-corrected chi connectivity index (χ1v) is 15.0. The second-order valence-electron chi connectivity index (χ2n) is 13.1. The molecule has 4 atom stereocenters. The molecule has 2 N–H and O–H groups in total. The number of nitrogens with zero attached hydrogens (tertiary/aromatic N) is 2. The van der Waals surface area contributed by atoms with E-state index in [1.165, 1.54) is 38.5 Å². The van der Waals surface area contributed by atoms with Gasteiger partial charge in [-0.2, -0.15) is 0 Å². The molecule has 260 valence electrons. The number of methoxy groups -OCH3 is 2. The Kier molecular flexibility index (Phi) is 13.3. The van der Waals surface area contributed by atoms with E-state index in [1.54, 1.807) is 67.5 Å². The number of carbonyl (C=O) groups is 2. The van der Waals surface area contributed by atoms with E-state index in [0.29, 0.717) is 11.1 Å². The predicted molar refractivity (Wildman–Crippen MR) is 173 cm³/mol. The lowest BCUT2D eigenvalue weighted by Gasteiger charge is -2.30. The number of amides is 2. The molecule has 0 radical (unpaired) electrons. The number of nitro benzene ring substituents is 2. The van der Waals surface area contributed by atoms with Crippen LogP contribution in [0.4, 0.5) is 21.0 Å². The maximum absolute atomic E-state index is 12.6. The Morgan fingerprint density at radius 2 is 1.04 bits per heavy atom. The third kappa shape index (κ3) is 12.6. The van der Waals surface area contributed by atoms with E-state index in [4.69, 9.17) is 23.7 Å². The van der Waals surface area contributed by atoms with Crippen molar-refractivity contribution < 1.29 is 43.1 Å². The number of nitro groups is 2. The van der Waals surface area contributed by atoms with E-state index < -0.39 is 57.5 Å². The van der Waals surface area contributed by atoms with Crippen LogP contribution in [0, 0.1) is 20.2 Å². The van der Waals surface area contributed by atoms with Crippen LogP contribution in [0.25, 0.3) is 0 Å². The largest absolute Gasteiger partial charge is 0.490 e. The molecular weight excluding hydrogens is 616 g/mol. The van der Waals surface area contributed by atoms with Gasteiger partial charge in [-0.05, 0) is 91.5 Å². The van der Waals surface area contributed by atoms with Crippen molar-refractivity contribution in [3.63, 3.8) is 0 Å². The van der Waals surface area contributed by atoms with Gasteiger partial charge >= 0.3 is 23.6 Å². The number of carbonyl (C=O) groups excluding carboxylic acids is 2. The normalized spacial score (nSPS) is 14.2. The Morgan fingerprint density at radius 3 is 1.32 bits per heavy atom. The quantitative estimate of drug-likeness (QED) is 0.158. The highest BCUT2D eigenvalue weighted by Gasteiger charge is 2.30. The summed E-state index contributed by atoms with van der Waals surface area (Å²) < 4.78 is 27.7. The first-order valence-electron chi connectivity index (χ1n) is 15.0. The zero-order valence-electron chi connectivity index (χ0n) is 28.6. The van der Waals surface area contributed by atoms with E-state index in [9.17, 15) is 29.8 Å². The van der Waals surface area contributed by atoms with Gasteiger partial charge in [0.1, 0.15) is 11.2 Å². The Balaban J connectivity index is 2.60. The molecule has 0 saturated carbocycles. The zero-order chi connectivity index (χ0) is 35.7. The fraction of sp³-hybridized carbons (Fsp3) is 0.562. The molecule has 2 amide bonds. The molecule has 15 nitrogen and oxygen atoms in total. The van der Waals surface area contributed by atoms with Crippen molar-refractivity contribution in [3.05, 3.63) is 67.8 Å². The molecule has 2 rings (SSSR count). The van der Waals surface area contributed by atoms with Crippen molar-refractivity contribution >= 4 is 23.6 Å². The molecule has 0 aromatic heterocycles. The number of hydrogen-bond donors (Lipinski definition) is 2. The molecule has 15 heteroatoms. The minimum atomic E-state index is -0.899. The maximum Gasteiger partial charge on any atom is 0.407 e. The standard InChI is InChI=1S/C32H46N4O11/c1-19(33-29(37)46-31(3,4)5)15-27(21-11-13-25(43-9)23(17-21)35(39)40)45-28(16-20(2)34-30(38)47-32(6,7)8)22-12-14-26(44-10)24(18-22)36(41)42/h11-14,17-20,27-28H,15-16H2,1-10H3,(H,33,37)(H,34,38). The van der Waals surface area contributed by atoms with Crippen LogP contribution in [-0.2, 0) is 14.2 Å². The molecule has 0 saturated heterocycles. The minimum absolute atomic E-state index is 0.0370. The summed E-state index contributed by atoms with van der Waals surface area (Å²) >= 11 is 0. The topological polar surface area (TPSA) is 191 Å². The summed E-state index contributed by atoms with van der Waals surface area (Å²) in [5, 5.41) is 29.3. The number of benzene rings is 2. The SMILES string of the molecule is COc1ccc(C(CC(C)NC(=O)OC(C)(C)C)OC(CC(C)NC(=O)OC(C)(C)C)c2ccc(OC)c([N+](=O)[O-])c2)cc1[N+](=O)[O-]. The summed E-state index contributed by atoms with van der Waals surface area (Å²) in [6.07, 6.45) is -2.89. The minimum Gasteiger partial charge on any atom is -0.490 e. The number of alkyl carbamates (subject to hydrolysis) is 2. The van der Waals surface area contributed by atoms with E-state index >= 15 is 0 Å². The van der Waals surface area contributed by atoms with Crippen LogP contribution in [-0.4, -0.2) is 59.5 Å². The van der Waals surface area contributed by atoms with Crippen molar-refractivity contribution in [3.8, 4) is 11.5 Å². The zero-order valence-corrected chi connectivity index (χ0v) is 28.6. The molecule has 0 spiro atoms. The molecule has 0 aliphatic carbocycles. The fourth-order valence-corrected chi connectivity index (χ4v) is 4.62. The lowest BCUT2D eigenvalue weighted by atomic mass is 9.98. The molecule has 0 fully saturated rings. The highest BCUT2D eigenvalue weighted by molar-refractivity contribution is 5.68. The molecule has 47 heavy (non-hydrogen) atoms. The lowest BCUT2D eigenvalue weighted by molar-refractivity contribution is -0.385. The smallest absolute Gasteiger partial charge is 0.407 e. The monoisotopic (exact) mass is 662 g/mol. The lowest BCUT2D eigenvalue weighted by Crippen LogP contribution is -2.39. The van der Waals surface area contributed by atoms with Crippen molar-refractivity contribution in [1.29, 1.82) is 0 Å². The number of ether oxygens (including phenoxy) is 5. The van der Waals surface area contributed by atoms with Crippen molar-refractivity contribution in [2.75, 3.05) is 14.2 Å². The summed E-state index contributed by atoms with van der Waals surface area (Å²) in [7, 11) is 2.63. The molecule has 0 aliphatic heterocycles. The molecule has 2 aromatic rings. The number of nitrogens with one attached hydrogen (secondary N) is 2. The van der Waals surface area contributed by atoms with Gasteiger partial charge in [-0.3, -0.25) is 20.2 Å². The van der Waals surface area contributed by atoms with Gasteiger partial charge in [0.2, 0.25) is 0 Å². The Labute approximate surface area is 274 Å². The number of hydrogen-bond acceptors (Lipinski definition) is 11. The van der Waals surface area contributed by atoms with E-state index in [-0.39, 0.29) is 35.7 Å². The van der Waals surface area contributed by atoms with Crippen LogP contribution in [0.1, 0.15) is 91.6 Å². The van der Waals surface area contributed by atoms with Gasteiger partial charge in [0.05, 0.1) is 36.3 Å². The van der Waals surface area contributed by atoms with Crippen LogP contribution in [0.3, 0.4) is 0 Å². The van der Waals surface area contributed by atoms with Crippen LogP contribution in [0.5, 0.6) is 11.5 Å². The summed E-state index contributed by atoms with van der Waals surface area (Å²) in [6, 6.07) is 7.61. The molecule has 2 aromatic carbocycles. The van der Waals surface area contributed by atoms with Gasteiger partial charge in [0, 0.05) is 24.2 Å². The van der Waals surface area contributed by atoms with E-state index in [2.05, 4.69) is 10.6 Å². The van der Waals surface area contributed by atoms with Gasteiger partial charge in [-0.15, -0.1) is 0 Å². The first kappa shape index (κ1) is 38.5. The highest BCUT2D eigenvalue weighted by Crippen LogP contribution is 2.39. The fourth-order valence-electron chi connectivity index (χ4n) is 4.62. The maximum atomic E-state index is 12.6. The van der Waals surface area contributed by atoms with Gasteiger partial charge < -0.3 is 34.3 Å². The summed E-state index contributed by atoms with van der Waals surface area (Å²) in [5.74, 6) is 0.0740. The Hall–Kier alpha value is -4.66. The molecule has 0 bridgehead atoms. The molecular formula is C32H46N4O11. The Bertz CT molecular complexity index is 1310. The second kappa shape index (κ2) is 16.3. The van der Waals surface area contributed by atoms with Crippen LogP contribution in [0.15, 0.2) is 36.4 Å². The van der Waals surface area contributed by atoms with Gasteiger partial charge in [-0.1, -0.05) is 12.1 Å². The van der Waals surface area contributed by atoms with Crippen LogP contribution < -0.4 is 20.1 Å². The number of rotatable bonds is 14. The third-order valence-corrected chi connectivity index (χ3v) is 6.53. The van der Waals surface area contributed by atoms with Gasteiger partial charge in [0.15, 0.2) is 11.5 Å². The predicted octanol–water partition coefficient (Wildman–Crippen LogP) is 6.93. The second-order valence-corrected chi connectivity index (χ2v) is 13.1. The first-order chi connectivity index (χ1) is 21.7.